The highest BCUT2D eigenvalue weighted by atomic mass is 28.4. The molecule has 2 nitrogen and oxygen atoms in total. The van der Waals surface area contributed by atoms with E-state index in [0.29, 0.717) is 0 Å². The molecule has 0 bridgehead atoms. The van der Waals surface area contributed by atoms with Crippen LogP contribution in [0.3, 0.4) is 0 Å². The number of hydrogen-bond donors (Lipinski definition) is 0. The Morgan fingerprint density at radius 1 is 0.305 bits per heavy atom. The van der Waals surface area contributed by atoms with Gasteiger partial charge in [0.1, 0.15) is 11.5 Å². The van der Waals surface area contributed by atoms with Crippen LogP contribution in [0.5, 0.6) is 17.2 Å². The van der Waals surface area contributed by atoms with E-state index in [2.05, 4.69) is 201 Å². The van der Waals surface area contributed by atoms with Crippen molar-refractivity contribution in [2.75, 3.05) is 0 Å². The molecule has 0 radical (unpaired) electrons. The zero-order valence-corrected chi connectivity index (χ0v) is 33.8. The van der Waals surface area contributed by atoms with Gasteiger partial charge in [-0.3, -0.25) is 0 Å². The van der Waals surface area contributed by atoms with Crippen molar-refractivity contribution >= 4 is 99.7 Å². The lowest BCUT2D eigenvalue weighted by atomic mass is 9.89. The van der Waals surface area contributed by atoms with Crippen molar-refractivity contribution in [3.8, 4) is 28.4 Å². The average Bonchev–Trinajstić information content (AvgIpc) is 3.40. The summed E-state index contributed by atoms with van der Waals surface area (Å²) in [5, 5.41) is 20.8. The summed E-state index contributed by atoms with van der Waals surface area (Å²) >= 11 is 0. The van der Waals surface area contributed by atoms with Gasteiger partial charge in [0.25, 0.3) is 8.32 Å². The zero-order chi connectivity index (χ0) is 39.2. The molecule has 0 N–H and O–H groups in total. The lowest BCUT2D eigenvalue weighted by molar-refractivity contribution is 0.464. The molecule has 278 valence electrons. The Balaban J connectivity index is 1.24. The van der Waals surface area contributed by atoms with E-state index in [9.17, 15) is 0 Å². The Kier molecular flexibility index (Phi) is 7.41. The van der Waals surface area contributed by atoms with Crippen LogP contribution in [0.1, 0.15) is 0 Å². The van der Waals surface area contributed by atoms with Crippen LogP contribution < -0.4 is 14.3 Å². The average molecular weight is 771 g/mol. The van der Waals surface area contributed by atoms with E-state index in [1.54, 1.807) is 0 Å². The molecule has 0 spiro atoms. The molecule has 1 heterocycles. The fourth-order valence-electron chi connectivity index (χ4n) is 9.85. The molecule has 11 aromatic carbocycles. The van der Waals surface area contributed by atoms with Crippen LogP contribution >= 0.6 is 0 Å². The summed E-state index contributed by atoms with van der Waals surface area (Å²) in [5.74, 6) is 2.43. The zero-order valence-electron chi connectivity index (χ0n) is 32.8. The molecule has 0 aliphatic carbocycles. The molecule has 59 heavy (non-hydrogen) atoms. The Bertz CT molecular complexity index is 3660. The Morgan fingerprint density at radius 2 is 0.661 bits per heavy atom. The molecule has 1 aliphatic rings. The molecule has 3 heteroatoms. The maximum atomic E-state index is 6.87. The minimum absolute atomic E-state index is 0.766. The third-order valence-electron chi connectivity index (χ3n) is 12.5. The third kappa shape index (κ3) is 5.18. The van der Waals surface area contributed by atoms with Crippen LogP contribution in [0.2, 0.25) is 13.1 Å². The summed E-state index contributed by atoms with van der Waals surface area (Å²) in [6.45, 7) is 4.48. The minimum Gasteiger partial charge on any atom is -0.537 e. The first-order valence-electron chi connectivity index (χ1n) is 20.4. The Labute approximate surface area is 342 Å². The van der Waals surface area contributed by atoms with Gasteiger partial charge in [0.2, 0.25) is 0 Å². The maximum absolute atomic E-state index is 6.87. The largest absolute Gasteiger partial charge is 0.537 e. The molecule has 11 aromatic rings. The molecular formula is C56H38O2Si. The van der Waals surface area contributed by atoms with Gasteiger partial charge in [-0.25, -0.2) is 0 Å². The van der Waals surface area contributed by atoms with Crippen LogP contribution in [0, 0.1) is 0 Å². The summed E-state index contributed by atoms with van der Waals surface area (Å²) in [6, 6.07) is 71.1. The van der Waals surface area contributed by atoms with Gasteiger partial charge in [0, 0.05) is 10.8 Å². The van der Waals surface area contributed by atoms with E-state index in [4.69, 9.17) is 9.16 Å². The monoisotopic (exact) mass is 770 g/mol. The van der Waals surface area contributed by atoms with E-state index in [1.165, 1.54) is 86.2 Å². The fraction of sp³-hybridized carbons (Fsp3) is 0.0357. The van der Waals surface area contributed by atoms with E-state index < -0.39 is 8.32 Å². The molecule has 0 saturated heterocycles. The van der Waals surface area contributed by atoms with Gasteiger partial charge in [0.05, 0.1) is 0 Å². The van der Waals surface area contributed by atoms with Crippen LogP contribution in [0.4, 0.5) is 0 Å². The summed E-state index contributed by atoms with van der Waals surface area (Å²) in [7, 11) is -2.29. The number of fused-ring (bicyclic) bond motifs is 18. The first-order valence-corrected chi connectivity index (χ1v) is 23.3. The van der Waals surface area contributed by atoms with Crippen molar-refractivity contribution < 1.29 is 9.16 Å². The molecular weight excluding hydrogens is 733 g/mol. The summed E-state index contributed by atoms with van der Waals surface area (Å²) in [4.78, 5) is 0. The van der Waals surface area contributed by atoms with Crippen molar-refractivity contribution in [1.82, 2.24) is 0 Å². The van der Waals surface area contributed by atoms with E-state index in [1.807, 2.05) is 6.07 Å². The second-order valence-corrected chi connectivity index (χ2v) is 20.0. The normalized spacial score (nSPS) is 13.3. The predicted molar refractivity (Wildman–Crippen MR) is 254 cm³/mol. The van der Waals surface area contributed by atoms with Crippen LogP contribution in [0.15, 0.2) is 194 Å². The predicted octanol–water partition coefficient (Wildman–Crippen LogP) is 15.3. The number of hydrogen-bond acceptors (Lipinski definition) is 2. The number of ether oxygens (including phenoxy) is 1. The summed E-state index contributed by atoms with van der Waals surface area (Å²) in [5.41, 5.74) is 2.09. The van der Waals surface area contributed by atoms with Crippen molar-refractivity contribution in [2.24, 2.45) is 0 Å². The Hall–Kier alpha value is -7.20. The highest BCUT2D eigenvalue weighted by Crippen LogP contribution is 2.46. The summed E-state index contributed by atoms with van der Waals surface area (Å²) in [6.07, 6.45) is 0. The molecule has 0 atom stereocenters. The van der Waals surface area contributed by atoms with Crippen LogP contribution in [-0.4, -0.2) is 8.32 Å². The van der Waals surface area contributed by atoms with Gasteiger partial charge in [0.15, 0.2) is 5.75 Å². The molecule has 1 aliphatic heterocycles. The number of rotatable bonds is 1. The lowest BCUT2D eigenvalue weighted by Crippen LogP contribution is -2.47. The first-order chi connectivity index (χ1) is 29.0. The standard InChI is InChI=1S/C56H38O2Si/c1-59(2)55-29-14-13-27-53(55)57-56-36(26-15-28-54(56)58-59)35-30-31-47-41-20-7-10-23-44(41)51-33-49-42-21-8-5-18-39(42)37-16-3-4-17-38(37)40-19-6-9-22-43(40)50(49)34-52(51)46-25-12-11-24-45(46)48(47)32-35/h3-34H,1-2H3. The highest BCUT2D eigenvalue weighted by molar-refractivity contribution is 6.85. The van der Waals surface area contributed by atoms with E-state index in [0.717, 1.165) is 33.6 Å². The van der Waals surface area contributed by atoms with Gasteiger partial charge >= 0.3 is 0 Å². The number of para-hydroxylation sites is 2. The number of benzene rings is 9. The topological polar surface area (TPSA) is 18.5 Å². The molecule has 0 saturated carbocycles. The molecule has 0 unspecified atom stereocenters. The van der Waals surface area contributed by atoms with Crippen molar-refractivity contribution in [1.29, 1.82) is 0 Å². The fourth-order valence-corrected chi connectivity index (χ4v) is 11.9. The SMILES string of the molecule is C[Si]1(C)Oc2cccc(-c3ccc4c5ccccc5c5cc6c7ccccc7c7ccccc7c7ccccc7c6cc5c5ccccc5c4c3)c2Oc2ccccc21. The smallest absolute Gasteiger partial charge is 0.280 e. The van der Waals surface area contributed by atoms with Gasteiger partial charge in [-0.15, -0.1) is 0 Å². The van der Waals surface area contributed by atoms with E-state index >= 15 is 0 Å². The molecule has 0 fully saturated rings. The van der Waals surface area contributed by atoms with Gasteiger partial charge in [-0.05, 0) is 135 Å². The molecule has 12 rings (SSSR count). The Morgan fingerprint density at radius 3 is 1.12 bits per heavy atom. The van der Waals surface area contributed by atoms with Gasteiger partial charge in [-0.1, -0.05) is 164 Å². The quantitative estimate of drug-likeness (QED) is 0.155. The molecule has 0 aromatic heterocycles. The summed E-state index contributed by atoms with van der Waals surface area (Å²) < 4.78 is 13.7. The van der Waals surface area contributed by atoms with E-state index in [-0.39, 0.29) is 0 Å². The van der Waals surface area contributed by atoms with Crippen molar-refractivity contribution in [3.63, 3.8) is 0 Å². The highest BCUT2D eigenvalue weighted by Gasteiger charge is 2.35. The lowest BCUT2D eigenvalue weighted by Gasteiger charge is -2.22. The second-order valence-electron chi connectivity index (χ2n) is 16.3. The van der Waals surface area contributed by atoms with Crippen LogP contribution in [-0.2, 0) is 0 Å². The van der Waals surface area contributed by atoms with Gasteiger partial charge in [-0.2, -0.15) is 0 Å². The minimum atomic E-state index is -2.29. The second kappa shape index (κ2) is 12.9. The first kappa shape index (κ1) is 33.9. The third-order valence-corrected chi connectivity index (χ3v) is 15.0. The van der Waals surface area contributed by atoms with Crippen molar-refractivity contribution in [2.45, 2.75) is 13.1 Å². The molecule has 0 amide bonds. The van der Waals surface area contributed by atoms with Gasteiger partial charge < -0.3 is 9.16 Å². The van der Waals surface area contributed by atoms with Crippen LogP contribution in [0.25, 0.3) is 97.3 Å². The van der Waals surface area contributed by atoms with Crippen molar-refractivity contribution in [3.05, 3.63) is 194 Å². The maximum Gasteiger partial charge on any atom is 0.280 e.